The summed E-state index contributed by atoms with van der Waals surface area (Å²) >= 11 is 0. The van der Waals surface area contributed by atoms with Crippen LogP contribution in [0.25, 0.3) is 0 Å². The minimum atomic E-state index is -0.217. The summed E-state index contributed by atoms with van der Waals surface area (Å²) in [7, 11) is 0. The van der Waals surface area contributed by atoms with Crippen molar-refractivity contribution in [1.82, 2.24) is 0 Å². The van der Waals surface area contributed by atoms with Crippen LogP contribution in [0.1, 0.15) is 116 Å². The third kappa shape index (κ3) is 8.33. The molecule has 223 valence electrons. The smallest absolute Gasteiger partial charge is 0.128 e. The van der Waals surface area contributed by atoms with Gasteiger partial charge in [0.2, 0.25) is 0 Å². The molecule has 0 atom stereocenters. The van der Waals surface area contributed by atoms with E-state index in [2.05, 4.69) is 95.2 Å². The van der Waals surface area contributed by atoms with E-state index in [1.165, 1.54) is 0 Å². The number of phenols is 2. The fourth-order valence-corrected chi connectivity index (χ4v) is 4.48. The summed E-state index contributed by atoms with van der Waals surface area (Å²) in [5.41, 5.74) is 6.23. The van der Waals surface area contributed by atoms with Gasteiger partial charge in [0.25, 0.3) is 0 Å². The average Bonchev–Trinajstić information content (AvgIpc) is 2.80. The fraction of sp³-hybridized carbons (Fsp3) is 0.444. The van der Waals surface area contributed by atoms with Gasteiger partial charge in [-0.3, -0.25) is 9.98 Å². The number of para-hydroxylation sites is 2. The molecule has 3 aromatic rings. The molecule has 0 saturated heterocycles. The van der Waals surface area contributed by atoms with E-state index in [9.17, 15) is 10.2 Å². The van der Waals surface area contributed by atoms with Gasteiger partial charge in [-0.1, -0.05) is 107 Å². The maximum Gasteiger partial charge on any atom is 0.128 e. The Hall–Kier alpha value is -2.89. The van der Waals surface area contributed by atoms with Gasteiger partial charge in [-0.25, -0.2) is 0 Å². The van der Waals surface area contributed by atoms with Gasteiger partial charge in [0.05, 0.1) is 11.4 Å². The van der Waals surface area contributed by atoms with Gasteiger partial charge in [-0.15, -0.1) is 0 Å². The molecule has 0 saturated carbocycles. The van der Waals surface area contributed by atoms with Gasteiger partial charge in [0.15, 0.2) is 0 Å². The van der Waals surface area contributed by atoms with Crippen molar-refractivity contribution >= 4 is 23.8 Å². The molecule has 0 aromatic heterocycles. The largest absolute Gasteiger partial charge is 0.507 e. The molecule has 0 unspecified atom stereocenters. The standard InChI is InChI=1S/C36H48N2O2.Co/c1-33(2,3)25-17-23(31(39)27(19-25)35(7,8)9)21-37-29-15-13-14-16-30(29)38-22-24-18-26(34(4,5)6)20-28(32(24)40)36(10,11)12;/h13-22,39-40H,1-12H3;. The second-order valence-corrected chi connectivity index (χ2v) is 14.9. The Morgan fingerprint density at radius 1 is 0.512 bits per heavy atom. The monoisotopic (exact) mass is 599 g/mol. The second kappa shape index (κ2) is 12.1. The first-order valence-corrected chi connectivity index (χ1v) is 14.1. The first kappa shape index (κ1) is 34.3. The van der Waals surface area contributed by atoms with Gasteiger partial charge < -0.3 is 10.2 Å². The van der Waals surface area contributed by atoms with E-state index >= 15 is 0 Å². The van der Waals surface area contributed by atoms with Gasteiger partial charge in [0.1, 0.15) is 11.5 Å². The number of aromatic hydroxyl groups is 2. The summed E-state index contributed by atoms with van der Waals surface area (Å²) in [5.74, 6) is 0.507. The summed E-state index contributed by atoms with van der Waals surface area (Å²) in [4.78, 5) is 9.54. The Morgan fingerprint density at radius 3 is 1.10 bits per heavy atom. The molecule has 4 nitrogen and oxygen atoms in total. The fourth-order valence-electron chi connectivity index (χ4n) is 4.48. The van der Waals surface area contributed by atoms with Gasteiger partial charge in [0, 0.05) is 51.5 Å². The summed E-state index contributed by atoms with van der Waals surface area (Å²) < 4.78 is 0. The first-order chi connectivity index (χ1) is 18.2. The summed E-state index contributed by atoms with van der Waals surface area (Å²) in [6.45, 7) is 25.7. The summed E-state index contributed by atoms with van der Waals surface area (Å²) in [5, 5.41) is 22.4. The number of hydrogen-bond acceptors (Lipinski definition) is 4. The average molecular weight is 600 g/mol. The van der Waals surface area contributed by atoms with Crippen LogP contribution < -0.4 is 0 Å². The Kier molecular flexibility index (Phi) is 10.2. The topological polar surface area (TPSA) is 65.2 Å². The zero-order valence-corrected chi connectivity index (χ0v) is 27.9. The molecule has 3 rings (SSSR count). The zero-order valence-electron chi connectivity index (χ0n) is 26.9. The molecule has 0 amide bonds. The number of rotatable bonds is 4. The van der Waals surface area contributed by atoms with Crippen LogP contribution in [-0.4, -0.2) is 22.6 Å². The van der Waals surface area contributed by atoms with Crippen molar-refractivity contribution in [2.45, 2.75) is 105 Å². The van der Waals surface area contributed by atoms with Crippen LogP contribution in [0, 0.1) is 0 Å². The molecule has 0 heterocycles. The summed E-state index contributed by atoms with van der Waals surface area (Å²) in [6, 6.07) is 15.9. The molecular formula is C36H48CoN2O2. The van der Waals surface area contributed by atoms with Crippen LogP contribution in [0.2, 0.25) is 0 Å². The van der Waals surface area contributed by atoms with Crippen LogP contribution in [-0.2, 0) is 38.4 Å². The predicted octanol–water partition coefficient (Wildman–Crippen LogP) is 9.79. The van der Waals surface area contributed by atoms with Crippen LogP contribution in [0.5, 0.6) is 11.5 Å². The van der Waals surface area contributed by atoms with E-state index in [0.29, 0.717) is 22.5 Å². The number of nitrogens with zero attached hydrogens (tertiary/aromatic N) is 2. The third-order valence-electron chi connectivity index (χ3n) is 7.19. The molecule has 0 aliphatic heterocycles. The van der Waals surface area contributed by atoms with Crippen molar-refractivity contribution in [2.24, 2.45) is 9.98 Å². The number of aliphatic imine (C=N–C) groups is 2. The minimum Gasteiger partial charge on any atom is -0.507 e. The SMILES string of the molecule is CC(C)(C)c1cc(C=Nc2ccccc2N=Cc2cc(C(C)(C)C)cc(C(C)(C)C)c2O)c(O)c(C(C)(C)C)c1.[Co]. The van der Waals surface area contributed by atoms with Crippen LogP contribution >= 0.6 is 0 Å². The normalized spacial score (nSPS) is 13.2. The molecular weight excluding hydrogens is 551 g/mol. The molecule has 0 spiro atoms. The quantitative estimate of drug-likeness (QED) is 0.293. The molecule has 0 aliphatic carbocycles. The van der Waals surface area contributed by atoms with E-state index in [4.69, 9.17) is 9.98 Å². The Bertz CT molecular complexity index is 1330. The van der Waals surface area contributed by atoms with Crippen LogP contribution in [0.3, 0.4) is 0 Å². The van der Waals surface area contributed by atoms with Crippen LogP contribution in [0.15, 0.2) is 58.5 Å². The number of benzene rings is 3. The Morgan fingerprint density at radius 2 is 0.829 bits per heavy atom. The molecule has 0 aliphatic rings. The van der Waals surface area contributed by atoms with Crippen molar-refractivity contribution < 1.29 is 27.0 Å². The minimum absolute atomic E-state index is 0. The first-order valence-electron chi connectivity index (χ1n) is 14.1. The van der Waals surface area contributed by atoms with Crippen LogP contribution in [0.4, 0.5) is 11.4 Å². The molecule has 2 N–H and O–H groups in total. The van der Waals surface area contributed by atoms with E-state index in [-0.39, 0.29) is 49.9 Å². The van der Waals surface area contributed by atoms with E-state index in [0.717, 1.165) is 22.3 Å². The molecule has 5 heteroatoms. The van der Waals surface area contributed by atoms with Crippen molar-refractivity contribution in [3.05, 3.63) is 81.9 Å². The van der Waals surface area contributed by atoms with Crippen molar-refractivity contribution in [1.29, 1.82) is 0 Å². The molecule has 1 radical (unpaired) electrons. The van der Waals surface area contributed by atoms with Crippen molar-refractivity contribution in [3.63, 3.8) is 0 Å². The number of phenolic OH excluding ortho intramolecular Hbond substituents is 2. The van der Waals surface area contributed by atoms with Gasteiger partial charge in [-0.05, 0) is 57.1 Å². The third-order valence-corrected chi connectivity index (χ3v) is 7.19. The predicted molar refractivity (Wildman–Crippen MR) is 172 cm³/mol. The van der Waals surface area contributed by atoms with E-state index < -0.39 is 0 Å². The zero-order chi connectivity index (χ0) is 30.3. The van der Waals surface area contributed by atoms with Crippen molar-refractivity contribution in [3.8, 4) is 11.5 Å². The van der Waals surface area contributed by atoms with E-state index in [1.54, 1.807) is 12.4 Å². The Labute approximate surface area is 258 Å². The van der Waals surface area contributed by atoms with Gasteiger partial charge in [-0.2, -0.15) is 0 Å². The second-order valence-electron chi connectivity index (χ2n) is 14.9. The number of hydrogen-bond donors (Lipinski definition) is 2. The molecule has 0 fully saturated rings. The van der Waals surface area contributed by atoms with E-state index in [1.807, 2.05) is 36.4 Å². The molecule has 0 bridgehead atoms. The molecule has 41 heavy (non-hydrogen) atoms. The molecule has 3 aromatic carbocycles. The maximum absolute atomic E-state index is 11.2. The van der Waals surface area contributed by atoms with Crippen molar-refractivity contribution in [2.75, 3.05) is 0 Å². The maximum atomic E-state index is 11.2. The Balaban J connectivity index is 0.00000588. The summed E-state index contributed by atoms with van der Waals surface area (Å²) in [6.07, 6.45) is 3.45. The van der Waals surface area contributed by atoms with Gasteiger partial charge >= 0.3 is 0 Å².